The van der Waals surface area contributed by atoms with Crippen LogP contribution in [0.2, 0.25) is 0 Å². The number of carbonyl (C=O) groups is 1. The molecular weight excluding hydrogens is 321 g/mol. The van der Waals surface area contributed by atoms with Crippen molar-refractivity contribution in [2.75, 3.05) is 23.3 Å². The summed E-state index contributed by atoms with van der Waals surface area (Å²) in [6.07, 6.45) is 4.81. The van der Waals surface area contributed by atoms with Gasteiger partial charge in [-0.1, -0.05) is 0 Å². The predicted octanol–water partition coefficient (Wildman–Crippen LogP) is 2.27. The number of hydrogen-bond donors (Lipinski definition) is 2. The Kier molecular flexibility index (Phi) is 4.80. The van der Waals surface area contributed by atoms with Gasteiger partial charge < -0.3 is 16.0 Å². The molecule has 1 aliphatic rings. The minimum absolute atomic E-state index is 0.0456. The van der Waals surface area contributed by atoms with Gasteiger partial charge in [0.15, 0.2) is 0 Å². The van der Waals surface area contributed by atoms with Crippen molar-refractivity contribution in [1.82, 2.24) is 4.98 Å². The van der Waals surface area contributed by atoms with Crippen LogP contribution < -0.4 is 16.0 Å². The van der Waals surface area contributed by atoms with Crippen molar-refractivity contribution in [2.45, 2.75) is 18.9 Å². The highest BCUT2D eigenvalue weighted by Crippen LogP contribution is 2.26. The molecule has 1 aromatic carbocycles. The average Bonchev–Trinajstić information content (AvgIpc) is 2.62. The number of halogens is 1. The van der Waals surface area contributed by atoms with Crippen LogP contribution in [0.1, 0.15) is 28.8 Å². The highest BCUT2D eigenvalue weighted by molar-refractivity contribution is 5.98. The normalized spacial score (nSPS) is 17.0. The highest BCUT2D eigenvalue weighted by atomic mass is 19.1. The molecule has 3 rings (SSSR count). The van der Waals surface area contributed by atoms with Gasteiger partial charge in [-0.3, -0.25) is 9.78 Å². The van der Waals surface area contributed by atoms with Crippen LogP contribution >= 0.6 is 0 Å². The fourth-order valence-electron chi connectivity index (χ4n) is 3.08. The first-order chi connectivity index (χ1) is 12.1. The van der Waals surface area contributed by atoms with Crippen molar-refractivity contribution in [2.24, 2.45) is 5.73 Å². The van der Waals surface area contributed by atoms with E-state index in [4.69, 9.17) is 11.0 Å². The number of rotatable bonds is 4. The van der Waals surface area contributed by atoms with E-state index >= 15 is 0 Å². The summed E-state index contributed by atoms with van der Waals surface area (Å²) in [7, 11) is 0. The molecule has 0 bridgehead atoms. The molecule has 0 radical (unpaired) electrons. The number of anilines is 2. The number of amides is 1. The Labute approximate surface area is 145 Å². The van der Waals surface area contributed by atoms with E-state index in [1.54, 1.807) is 24.4 Å². The number of nitrogens with two attached hydrogens (primary N) is 1. The predicted molar refractivity (Wildman–Crippen MR) is 92.7 cm³/mol. The Hall–Kier alpha value is -3.14. The van der Waals surface area contributed by atoms with Gasteiger partial charge in [0, 0.05) is 31.5 Å². The lowest BCUT2D eigenvalue weighted by atomic mass is 10.0. The van der Waals surface area contributed by atoms with Gasteiger partial charge >= 0.3 is 0 Å². The molecule has 2 heterocycles. The number of nitrogens with one attached hydrogen (secondary N) is 1. The van der Waals surface area contributed by atoms with Crippen LogP contribution in [0.4, 0.5) is 15.8 Å². The number of hydrogen-bond acceptors (Lipinski definition) is 5. The molecule has 2 aromatic rings. The summed E-state index contributed by atoms with van der Waals surface area (Å²) in [5, 5.41) is 12.2. The molecule has 1 atom stereocenters. The third kappa shape index (κ3) is 3.69. The summed E-state index contributed by atoms with van der Waals surface area (Å²) in [6.45, 7) is 1.32. The maximum Gasteiger partial charge on any atom is 0.252 e. The van der Waals surface area contributed by atoms with E-state index in [9.17, 15) is 9.18 Å². The van der Waals surface area contributed by atoms with Crippen LogP contribution in [0, 0.1) is 17.1 Å². The third-order valence-electron chi connectivity index (χ3n) is 4.29. The van der Waals surface area contributed by atoms with Crippen molar-refractivity contribution in [3.05, 3.63) is 53.6 Å². The van der Waals surface area contributed by atoms with Crippen molar-refractivity contribution >= 4 is 17.3 Å². The number of nitrogens with zero attached hydrogens (tertiary/aromatic N) is 3. The van der Waals surface area contributed by atoms with Crippen molar-refractivity contribution in [3.63, 3.8) is 0 Å². The quantitative estimate of drug-likeness (QED) is 0.891. The Morgan fingerprint density at radius 1 is 1.44 bits per heavy atom. The van der Waals surface area contributed by atoms with Crippen LogP contribution in [0.15, 0.2) is 36.7 Å². The number of nitriles is 1. The number of pyridine rings is 1. The number of piperidine rings is 1. The third-order valence-corrected chi connectivity index (χ3v) is 4.29. The van der Waals surface area contributed by atoms with Crippen molar-refractivity contribution in [1.29, 1.82) is 5.26 Å². The highest BCUT2D eigenvalue weighted by Gasteiger charge is 2.23. The average molecular weight is 339 g/mol. The van der Waals surface area contributed by atoms with E-state index in [1.165, 1.54) is 12.3 Å². The molecule has 128 valence electrons. The van der Waals surface area contributed by atoms with Gasteiger partial charge in [-0.05, 0) is 37.1 Å². The second-order valence-corrected chi connectivity index (χ2v) is 5.99. The molecule has 1 aliphatic heterocycles. The largest absolute Gasteiger partial charge is 0.380 e. The van der Waals surface area contributed by atoms with Crippen LogP contribution in [0.25, 0.3) is 0 Å². The molecule has 7 heteroatoms. The first-order valence-corrected chi connectivity index (χ1v) is 8.03. The Morgan fingerprint density at radius 3 is 3.00 bits per heavy atom. The van der Waals surface area contributed by atoms with Crippen LogP contribution in [-0.4, -0.2) is 30.0 Å². The van der Waals surface area contributed by atoms with Crippen molar-refractivity contribution in [3.8, 4) is 6.07 Å². The Balaban J connectivity index is 1.76. The zero-order chi connectivity index (χ0) is 17.8. The minimum atomic E-state index is -0.540. The molecule has 1 amide bonds. The second-order valence-electron chi connectivity index (χ2n) is 5.99. The Morgan fingerprint density at radius 2 is 2.28 bits per heavy atom. The number of aromatic nitrogens is 1. The lowest BCUT2D eigenvalue weighted by molar-refractivity contribution is 0.100. The molecule has 1 unspecified atom stereocenters. The van der Waals surface area contributed by atoms with Gasteiger partial charge in [0.2, 0.25) is 0 Å². The summed E-state index contributed by atoms with van der Waals surface area (Å²) >= 11 is 0. The van der Waals surface area contributed by atoms with Gasteiger partial charge in [0.1, 0.15) is 5.82 Å². The first-order valence-electron chi connectivity index (χ1n) is 8.03. The molecule has 3 N–H and O–H groups in total. The van der Waals surface area contributed by atoms with Crippen LogP contribution in [0.5, 0.6) is 0 Å². The SMILES string of the molecule is N#Cc1ccc(N2CCCC(Nc3ccncc3C(N)=O)C2)c(F)c1. The standard InChI is InChI=1S/C18H18FN5O/c19-15-8-12(9-20)3-4-17(15)24-7-1-2-13(11-24)23-16-5-6-22-10-14(16)18(21)25/h3-6,8,10,13H,1-2,7,11H2,(H2,21,25)(H,22,23). The molecular formula is C18H18FN5O. The second kappa shape index (κ2) is 7.18. The van der Waals surface area contributed by atoms with E-state index in [2.05, 4.69) is 10.3 Å². The maximum atomic E-state index is 14.3. The van der Waals surface area contributed by atoms with Gasteiger partial charge in [-0.15, -0.1) is 0 Å². The molecule has 1 aromatic heterocycles. The summed E-state index contributed by atoms with van der Waals surface area (Å²) in [6, 6.07) is 8.19. The van der Waals surface area contributed by atoms with E-state index < -0.39 is 11.7 Å². The number of benzene rings is 1. The first kappa shape index (κ1) is 16.7. The molecule has 0 aliphatic carbocycles. The number of primary amides is 1. The lowest BCUT2D eigenvalue weighted by Gasteiger charge is -2.35. The van der Waals surface area contributed by atoms with Crippen LogP contribution in [0.3, 0.4) is 0 Å². The fraction of sp³-hybridized carbons (Fsp3) is 0.278. The van der Waals surface area contributed by atoms with Gasteiger partial charge in [-0.25, -0.2) is 4.39 Å². The topological polar surface area (TPSA) is 95.0 Å². The monoisotopic (exact) mass is 339 g/mol. The van der Waals surface area contributed by atoms with Gasteiger partial charge in [0.25, 0.3) is 5.91 Å². The molecule has 1 fully saturated rings. The zero-order valence-electron chi connectivity index (χ0n) is 13.6. The van der Waals surface area contributed by atoms with Crippen LogP contribution in [-0.2, 0) is 0 Å². The molecule has 0 saturated carbocycles. The Bertz CT molecular complexity index is 832. The summed E-state index contributed by atoms with van der Waals surface area (Å²) in [4.78, 5) is 17.4. The lowest BCUT2D eigenvalue weighted by Crippen LogP contribution is -2.42. The van der Waals surface area contributed by atoms with E-state index in [-0.39, 0.29) is 6.04 Å². The minimum Gasteiger partial charge on any atom is -0.380 e. The van der Waals surface area contributed by atoms with E-state index in [0.29, 0.717) is 29.0 Å². The molecule has 25 heavy (non-hydrogen) atoms. The van der Waals surface area contributed by atoms with E-state index in [1.807, 2.05) is 11.0 Å². The summed E-state index contributed by atoms with van der Waals surface area (Å²) in [5.41, 5.74) is 7.13. The summed E-state index contributed by atoms with van der Waals surface area (Å²) < 4.78 is 14.3. The molecule has 0 spiro atoms. The van der Waals surface area contributed by atoms with Gasteiger partial charge in [-0.2, -0.15) is 5.26 Å². The maximum absolute atomic E-state index is 14.3. The van der Waals surface area contributed by atoms with E-state index in [0.717, 1.165) is 19.4 Å². The summed E-state index contributed by atoms with van der Waals surface area (Å²) in [5.74, 6) is -0.942. The zero-order valence-corrected chi connectivity index (χ0v) is 13.6. The smallest absolute Gasteiger partial charge is 0.252 e. The van der Waals surface area contributed by atoms with Gasteiger partial charge in [0.05, 0.1) is 28.6 Å². The number of carbonyl (C=O) groups excluding carboxylic acids is 1. The van der Waals surface area contributed by atoms with Crippen molar-refractivity contribution < 1.29 is 9.18 Å². The fourth-order valence-corrected chi connectivity index (χ4v) is 3.08. The molecule has 6 nitrogen and oxygen atoms in total. The molecule has 1 saturated heterocycles.